The van der Waals surface area contributed by atoms with Gasteiger partial charge in [-0.25, -0.2) is 4.98 Å². The zero-order valence-corrected chi connectivity index (χ0v) is 15.3. The van der Waals surface area contributed by atoms with E-state index in [1.54, 1.807) is 0 Å². The van der Waals surface area contributed by atoms with Crippen molar-refractivity contribution in [1.29, 1.82) is 0 Å². The number of H-pyrrole nitrogens is 1. The molecule has 0 bridgehead atoms. The van der Waals surface area contributed by atoms with Crippen molar-refractivity contribution in [2.24, 2.45) is 5.92 Å². The smallest absolute Gasteiger partial charge is 0.270 e. The minimum absolute atomic E-state index is 0.0504. The third-order valence-corrected chi connectivity index (χ3v) is 6.40. The van der Waals surface area contributed by atoms with Crippen LogP contribution in [0.5, 0.6) is 5.75 Å². The van der Waals surface area contributed by atoms with Gasteiger partial charge in [0.15, 0.2) is 0 Å². The minimum atomic E-state index is -0.0504. The monoisotopic (exact) mass is 367 g/mol. The number of anilines is 1. The molecule has 5 nitrogen and oxygen atoms in total. The fraction of sp³-hybridized carbons (Fsp3) is 0.400. The van der Waals surface area contributed by atoms with E-state index >= 15 is 0 Å². The first-order chi connectivity index (χ1) is 12.8. The Morgan fingerprint density at radius 2 is 2.19 bits per heavy atom. The van der Waals surface area contributed by atoms with E-state index in [1.807, 2.05) is 11.4 Å². The number of benzene rings is 1. The van der Waals surface area contributed by atoms with Crippen molar-refractivity contribution < 1.29 is 4.74 Å². The van der Waals surface area contributed by atoms with Crippen molar-refractivity contribution in [2.75, 3.05) is 18.1 Å². The number of thiophene rings is 1. The van der Waals surface area contributed by atoms with E-state index in [-0.39, 0.29) is 5.56 Å². The van der Waals surface area contributed by atoms with Gasteiger partial charge in [0.05, 0.1) is 12.1 Å². The molecule has 0 radical (unpaired) electrons. The number of nitrogens with one attached hydrogen (secondary N) is 1. The van der Waals surface area contributed by atoms with Crippen LogP contribution in [0.25, 0.3) is 10.2 Å². The molecule has 2 aliphatic rings. The fourth-order valence-electron chi connectivity index (χ4n) is 3.68. The molecule has 26 heavy (non-hydrogen) atoms. The Labute approximate surface area is 155 Å². The average molecular weight is 367 g/mol. The molecule has 3 aromatic rings. The Morgan fingerprint density at radius 3 is 3.04 bits per heavy atom. The standard InChI is InChI=1S/C20H21N3O2S/c24-19-18-17(7-9-26-18)21-20(22-19)23-8-6-14-10-16(5-4-15(14)11-23)25-12-13-2-1-3-13/h4-5,7,9-10,13H,1-3,6,8,11-12H2,(H,21,22,24). The molecule has 1 fully saturated rings. The molecule has 0 saturated heterocycles. The molecule has 1 N–H and O–H groups in total. The molecule has 0 atom stereocenters. The number of hydrogen-bond acceptors (Lipinski definition) is 5. The van der Waals surface area contributed by atoms with Gasteiger partial charge in [-0.1, -0.05) is 12.5 Å². The number of fused-ring (bicyclic) bond motifs is 2. The van der Waals surface area contributed by atoms with Crippen molar-refractivity contribution in [3.8, 4) is 5.75 Å². The predicted octanol–water partition coefficient (Wildman–Crippen LogP) is 3.73. The van der Waals surface area contributed by atoms with Gasteiger partial charge in [-0.05, 0) is 59.9 Å². The van der Waals surface area contributed by atoms with Crippen molar-refractivity contribution in [3.05, 3.63) is 51.1 Å². The van der Waals surface area contributed by atoms with E-state index in [9.17, 15) is 4.79 Å². The van der Waals surface area contributed by atoms with Crippen molar-refractivity contribution in [1.82, 2.24) is 9.97 Å². The number of aromatic amines is 1. The summed E-state index contributed by atoms with van der Waals surface area (Å²) in [7, 11) is 0. The quantitative estimate of drug-likeness (QED) is 0.763. The summed E-state index contributed by atoms with van der Waals surface area (Å²) in [6, 6.07) is 8.31. The maximum absolute atomic E-state index is 12.2. The highest BCUT2D eigenvalue weighted by Gasteiger charge is 2.21. The molecule has 3 heterocycles. The van der Waals surface area contributed by atoms with Crippen LogP contribution in [-0.4, -0.2) is 23.1 Å². The lowest BCUT2D eigenvalue weighted by Gasteiger charge is -2.30. The maximum atomic E-state index is 12.2. The van der Waals surface area contributed by atoms with Crippen molar-refractivity contribution in [3.63, 3.8) is 0 Å². The molecule has 6 heteroatoms. The fourth-order valence-corrected chi connectivity index (χ4v) is 4.41. The van der Waals surface area contributed by atoms with Gasteiger partial charge in [-0.3, -0.25) is 9.78 Å². The summed E-state index contributed by atoms with van der Waals surface area (Å²) < 4.78 is 6.66. The van der Waals surface area contributed by atoms with Gasteiger partial charge in [0.25, 0.3) is 5.56 Å². The molecular weight excluding hydrogens is 346 g/mol. The summed E-state index contributed by atoms with van der Waals surface area (Å²) in [4.78, 5) is 21.9. The predicted molar refractivity (Wildman–Crippen MR) is 104 cm³/mol. The van der Waals surface area contributed by atoms with E-state index in [0.29, 0.717) is 10.6 Å². The normalized spacial score (nSPS) is 17.2. The van der Waals surface area contributed by atoms with Gasteiger partial charge >= 0.3 is 0 Å². The van der Waals surface area contributed by atoms with Gasteiger partial charge < -0.3 is 9.64 Å². The Morgan fingerprint density at radius 1 is 1.27 bits per heavy atom. The molecule has 1 saturated carbocycles. The molecular formula is C20H21N3O2S. The molecule has 0 spiro atoms. The van der Waals surface area contributed by atoms with Gasteiger partial charge in [0.1, 0.15) is 10.4 Å². The lowest BCUT2D eigenvalue weighted by molar-refractivity contribution is 0.180. The first-order valence-corrected chi connectivity index (χ1v) is 10.1. The highest BCUT2D eigenvalue weighted by Crippen LogP contribution is 2.29. The Bertz CT molecular complexity index is 1010. The van der Waals surface area contributed by atoms with Crippen molar-refractivity contribution >= 4 is 27.5 Å². The zero-order chi connectivity index (χ0) is 17.5. The summed E-state index contributed by atoms with van der Waals surface area (Å²) in [6.45, 7) is 2.45. The second kappa shape index (κ2) is 6.43. The van der Waals surface area contributed by atoms with Crippen molar-refractivity contribution in [2.45, 2.75) is 32.2 Å². The van der Waals surface area contributed by atoms with Crippen LogP contribution in [0.3, 0.4) is 0 Å². The van der Waals surface area contributed by atoms with E-state index in [4.69, 9.17) is 4.74 Å². The van der Waals surface area contributed by atoms with Gasteiger partial charge in [0, 0.05) is 13.1 Å². The first kappa shape index (κ1) is 15.9. The number of hydrogen-bond donors (Lipinski definition) is 1. The van der Waals surface area contributed by atoms with Crippen LogP contribution in [0.1, 0.15) is 30.4 Å². The second-order valence-electron chi connectivity index (χ2n) is 7.23. The third kappa shape index (κ3) is 2.88. The van der Waals surface area contributed by atoms with E-state index in [1.165, 1.54) is 41.7 Å². The first-order valence-electron chi connectivity index (χ1n) is 9.23. The molecule has 0 unspecified atom stereocenters. The number of nitrogens with zero attached hydrogens (tertiary/aromatic N) is 2. The molecule has 1 aliphatic heterocycles. The Balaban J connectivity index is 1.34. The van der Waals surface area contributed by atoms with Crippen LogP contribution < -0.4 is 15.2 Å². The number of rotatable bonds is 4. The zero-order valence-electron chi connectivity index (χ0n) is 14.5. The SMILES string of the molecule is O=c1[nH]c(N2CCc3cc(OCC4CCC4)ccc3C2)nc2ccsc12. The van der Waals surface area contributed by atoms with Crippen LogP contribution in [0, 0.1) is 5.92 Å². The van der Waals surface area contributed by atoms with Gasteiger partial charge in [0.2, 0.25) is 5.95 Å². The number of ether oxygens (including phenoxy) is 1. The summed E-state index contributed by atoms with van der Waals surface area (Å²) in [5.74, 6) is 2.39. The van der Waals surface area contributed by atoms with Crippen LogP contribution in [0.2, 0.25) is 0 Å². The topological polar surface area (TPSA) is 58.2 Å². The summed E-state index contributed by atoms with van der Waals surface area (Å²) in [5.41, 5.74) is 3.34. The highest BCUT2D eigenvalue weighted by molar-refractivity contribution is 7.17. The van der Waals surface area contributed by atoms with Crippen LogP contribution in [0.4, 0.5) is 5.95 Å². The lowest BCUT2D eigenvalue weighted by Crippen LogP contribution is -2.33. The van der Waals surface area contributed by atoms with Gasteiger partial charge in [-0.15, -0.1) is 11.3 Å². The number of aromatic nitrogens is 2. The van der Waals surface area contributed by atoms with Gasteiger partial charge in [-0.2, -0.15) is 0 Å². The van der Waals surface area contributed by atoms with E-state index in [2.05, 4.69) is 33.1 Å². The molecule has 1 aromatic carbocycles. The summed E-state index contributed by atoms with van der Waals surface area (Å²) in [5, 5.41) is 1.91. The van der Waals surface area contributed by atoms with Crippen LogP contribution in [0.15, 0.2) is 34.4 Å². The van der Waals surface area contributed by atoms with Crippen LogP contribution in [-0.2, 0) is 13.0 Å². The molecule has 1 aliphatic carbocycles. The maximum Gasteiger partial charge on any atom is 0.270 e. The molecule has 5 rings (SSSR count). The molecule has 2 aromatic heterocycles. The summed E-state index contributed by atoms with van der Waals surface area (Å²) >= 11 is 1.43. The van der Waals surface area contributed by atoms with E-state index < -0.39 is 0 Å². The van der Waals surface area contributed by atoms with Crippen LogP contribution >= 0.6 is 11.3 Å². The average Bonchev–Trinajstić information content (AvgIpc) is 3.09. The summed E-state index contributed by atoms with van der Waals surface area (Å²) in [6.07, 6.45) is 4.89. The molecule has 0 amide bonds. The Kier molecular flexibility index (Phi) is 3.93. The second-order valence-corrected chi connectivity index (χ2v) is 8.15. The highest BCUT2D eigenvalue weighted by atomic mass is 32.1. The third-order valence-electron chi connectivity index (χ3n) is 5.50. The largest absolute Gasteiger partial charge is 0.493 e. The Hall–Kier alpha value is -2.34. The minimum Gasteiger partial charge on any atom is -0.493 e. The molecule has 134 valence electrons. The lowest BCUT2D eigenvalue weighted by atomic mass is 9.86. The van der Waals surface area contributed by atoms with E-state index in [0.717, 1.165) is 43.3 Å².